The van der Waals surface area contributed by atoms with Crippen LogP contribution in [0.25, 0.3) is 0 Å². The lowest BCUT2D eigenvalue weighted by atomic mass is 10.0. The Morgan fingerprint density at radius 1 is 1.44 bits per heavy atom. The number of anilines is 1. The number of nitrogens with two attached hydrogens (primary N) is 1. The summed E-state index contributed by atoms with van der Waals surface area (Å²) in [5.41, 5.74) is 7.01. The van der Waals surface area contributed by atoms with Crippen LogP contribution in [0.3, 0.4) is 0 Å². The van der Waals surface area contributed by atoms with E-state index in [-0.39, 0.29) is 0 Å². The molecule has 1 aromatic heterocycles. The minimum atomic E-state index is 0.550. The molecule has 0 radical (unpaired) electrons. The van der Waals surface area contributed by atoms with Gasteiger partial charge in [0.2, 0.25) is 0 Å². The van der Waals surface area contributed by atoms with Gasteiger partial charge in [0.05, 0.1) is 0 Å². The van der Waals surface area contributed by atoms with Crippen molar-refractivity contribution in [1.82, 2.24) is 4.98 Å². The number of rotatable bonds is 4. The van der Waals surface area contributed by atoms with Crippen LogP contribution in [0.5, 0.6) is 0 Å². The second-order valence-electron chi connectivity index (χ2n) is 4.76. The molecule has 2 rings (SSSR count). The molecular formula is C13H21N3. The van der Waals surface area contributed by atoms with Gasteiger partial charge in [-0.15, -0.1) is 0 Å². The Labute approximate surface area is 97.7 Å². The summed E-state index contributed by atoms with van der Waals surface area (Å²) in [7, 11) is 0. The summed E-state index contributed by atoms with van der Waals surface area (Å²) >= 11 is 0. The van der Waals surface area contributed by atoms with Gasteiger partial charge in [-0.2, -0.15) is 0 Å². The molecule has 3 nitrogen and oxygen atoms in total. The SMILES string of the molecule is CC(CN)Cc1ccnc(N2CCCC2)c1. The van der Waals surface area contributed by atoms with Crippen molar-refractivity contribution in [3.8, 4) is 0 Å². The lowest BCUT2D eigenvalue weighted by Gasteiger charge is -2.17. The summed E-state index contributed by atoms with van der Waals surface area (Å²) in [6.45, 7) is 5.25. The molecule has 1 saturated heterocycles. The largest absolute Gasteiger partial charge is 0.357 e. The van der Waals surface area contributed by atoms with Gasteiger partial charge in [0.15, 0.2) is 0 Å². The van der Waals surface area contributed by atoms with Crippen molar-refractivity contribution in [2.75, 3.05) is 24.5 Å². The average molecular weight is 219 g/mol. The van der Waals surface area contributed by atoms with Crippen molar-refractivity contribution in [1.29, 1.82) is 0 Å². The third-order valence-electron chi connectivity index (χ3n) is 3.23. The van der Waals surface area contributed by atoms with Crippen molar-refractivity contribution in [2.45, 2.75) is 26.2 Å². The van der Waals surface area contributed by atoms with Gasteiger partial charge in [-0.05, 0) is 49.4 Å². The van der Waals surface area contributed by atoms with Crippen molar-refractivity contribution in [3.63, 3.8) is 0 Å². The smallest absolute Gasteiger partial charge is 0.128 e. The molecule has 0 aliphatic carbocycles. The number of hydrogen-bond donors (Lipinski definition) is 1. The third kappa shape index (κ3) is 2.73. The Morgan fingerprint density at radius 2 is 2.19 bits per heavy atom. The monoisotopic (exact) mass is 219 g/mol. The number of aromatic nitrogens is 1. The van der Waals surface area contributed by atoms with E-state index in [1.54, 1.807) is 0 Å². The van der Waals surface area contributed by atoms with Gasteiger partial charge in [0.1, 0.15) is 5.82 Å². The topological polar surface area (TPSA) is 42.1 Å². The van der Waals surface area contributed by atoms with Gasteiger partial charge < -0.3 is 10.6 Å². The normalized spacial score (nSPS) is 17.8. The van der Waals surface area contributed by atoms with E-state index in [1.807, 2.05) is 6.20 Å². The highest BCUT2D eigenvalue weighted by Gasteiger charge is 2.13. The first-order valence-corrected chi connectivity index (χ1v) is 6.19. The fourth-order valence-corrected chi connectivity index (χ4v) is 2.19. The Bertz CT molecular complexity index is 332. The number of nitrogens with zero attached hydrogens (tertiary/aromatic N) is 2. The quantitative estimate of drug-likeness (QED) is 0.840. The van der Waals surface area contributed by atoms with E-state index >= 15 is 0 Å². The van der Waals surface area contributed by atoms with Gasteiger partial charge >= 0.3 is 0 Å². The Kier molecular flexibility index (Phi) is 3.78. The first-order chi connectivity index (χ1) is 7.79. The van der Waals surface area contributed by atoms with Gasteiger partial charge in [0, 0.05) is 19.3 Å². The van der Waals surface area contributed by atoms with E-state index < -0.39 is 0 Å². The molecule has 1 fully saturated rings. The van der Waals surface area contributed by atoms with Crippen LogP contribution in [0, 0.1) is 5.92 Å². The van der Waals surface area contributed by atoms with E-state index in [1.165, 1.54) is 18.4 Å². The van der Waals surface area contributed by atoms with Crippen molar-refractivity contribution in [3.05, 3.63) is 23.9 Å². The Morgan fingerprint density at radius 3 is 2.88 bits per heavy atom. The van der Waals surface area contributed by atoms with Gasteiger partial charge in [-0.3, -0.25) is 0 Å². The summed E-state index contributed by atoms with van der Waals surface area (Å²) in [5, 5.41) is 0. The van der Waals surface area contributed by atoms with Gasteiger partial charge in [0.25, 0.3) is 0 Å². The van der Waals surface area contributed by atoms with Crippen LogP contribution in [-0.4, -0.2) is 24.6 Å². The first-order valence-electron chi connectivity index (χ1n) is 6.19. The van der Waals surface area contributed by atoms with Gasteiger partial charge in [-0.25, -0.2) is 4.98 Å². The van der Waals surface area contributed by atoms with Crippen LogP contribution in [0.15, 0.2) is 18.3 Å². The maximum Gasteiger partial charge on any atom is 0.128 e. The molecule has 0 bridgehead atoms. The summed E-state index contributed by atoms with van der Waals surface area (Å²) in [6, 6.07) is 4.32. The van der Waals surface area contributed by atoms with E-state index in [9.17, 15) is 0 Å². The highest BCUT2D eigenvalue weighted by Crippen LogP contribution is 2.19. The fraction of sp³-hybridized carbons (Fsp3) is 0.615. The molecule has 1 aliphatic heterocycles. The standard InChI is InChI=1S/C13H21N3/c1-11(10-14)8-12-4-5-15-13(9-12)16-6-2-3-7-16/h4-5,9,11H,2-3,6-8,10,14H2,1H3. The minimum absolute atomic E-state index is 0.550. The van der Waals surface area contributed by atoms with E-state index in [0.29, 0.717) is 5.92 Å². The lowest BCUT2D eigenvalue weighted by Crippen LogP contribution is -2.19. The Hall–Kier alpha value is -1.09. The van der Waals surface area contributed by atoms with Crippen LogP contribution in [-0.2, 0) is 6.42 Å². The second-order valence-corrected chi connectivity index (χ2v) is 4.76. The molecule has 16 heavy (non-hydrogen) atoms. The Balaban J connectivity index is 2.06. The molecule has 1 aromatic rings. The maximum atomic E-state index is 5.65. The van der Waals surface area contributed by atoms with Crippen molar-refractivity contribution in [2.24, 2.45) is 11.7 Å². The number of hydrogen-bond acceptors (Lipinski definition) is 3. The van der Waals surface area contributed by atoms with Crippen LogP contribution in [0.2, 0.25) is 0 Å². The maximum absolute atomic E-state index is 5.65. The molecule has 2 N–H and O–H groups in total. The lowest BCUT2D eigenvalue weighted by molar-refractivity contribution is 0.592. The fourth-order valence-electron chi connectivity index (χ4n) is 2.19. The predicted octanol–water partition coefficient (Wildman–Crippen LogP) is 1.82. The average Bonchev–Trinajstić information content (AvgIpc) is 2.83. The molecular weight excluding hydrogens is 198 g/mol. The van der Waals surface area contributed by atoms with Crippen LogP contribution >= 0.6 is 0 Å². The molecule has 88 valence electrons. The highest BCUT2D eigenvalue weighted by molar-refractivity contribution is 5.41. The molecule has 3 heteroatoms. The van der Waals surface area contributed by atoms with Crippen molar-refractivity contribution < 1.29 is 0 Å². The summed E-state index contributed by atoms with van der Waals surface area (Å²) in [6.07, 6.45) is 5.57. The second kappa shape index (κ2) is 5.30. The minimum Gasteiger partial charge on any atom is -0.357 e. The third-order valence-corrected chi connectivity index (χ3v) is 3.23. The van der Waals surface area contributed by atoms with E-state index in [0.717, 1.165) is 31.9 Å². The highest BCUT2D eigenvalue weighted by atomic mass is 15.2. The van der Waals surface area contributed by atoms with Crippen LogP contribution < -0.4 is 10.6 Å². The molecule has 1 atom stereocenters. The summed E-state index contributed by atoms with van der Waals surface area (Å²) < 4.78 is 0. The predicted molar refractivity (Wildman–Crippen MR) is 67.6 cm³/mol. The molecule has 2 heterocycles. The molecule has 0 spiro atoms. The molecule has 1 unspecified atom stereocenters. The summed E-state index contributed by atoms with van der Waals surface area (Å²) in [4.78, 5) is 6.82. The zero-order valence-corrected chi connectivity index (χ0v) is 10.0. The number of pyridine rings is 1. The van der Waals surface area contributed by atoms with Crippen LogP contribution in [0.4, 0.5) is 5.82 Å². The van der Waals surface area contributed by atoms with Crippen molar-refractivity contribution >= 4 is 5.82 Å². The van der Waals surface area contributed by atoms with Gasteiger partial charge in [-0.1, -0.05) is 6.92 Å². The van der Waals surface area contributed by atoms with E-state index in [2.05, 4.69) is 28.9 Å². The molecule has 0 amide bonds. The summed E-state index contributed by atoms with van der Waals surface area (Å²) in [5.74, 6) is 1.69. The molecule has 0 saturated carbocycles. The molecule has 0 aromatic carbocycles. The molecule has 1 aliphatic rings. The zero-order valence-electron chi connectivity index (χ0n) is 10.0. The first kappa shape index (κ1) is 11.4. The van der Waals surface area contributed by atoms with Crippen LogP contribution in [0.1, 0.15) is 25.3 Å². The zero-order chi connectivity index (χ0) is 11.4. The van der Waals surface area contributed by atoms with E-state index in [4.69, 9.17) is 5.73 Å².